The number of hydrogen-bond acceptors (Lipinski definition) is 4. The summed E-state index contributed by atoms with van der Waals surface area (Å²) < 4.78 is 5.05. The van der Waals surface area contributed by atoms with E-state index < -0.39 is 18.0 Å². The van der Waals surface area contributed by atoms with Crippen LogP contribution in [0.1, 0.15) is 56.2 Å². The minimum Gasteiger partial charge on any atom is -0.392 e. The maximum absolute atomic E-state index is 12.3. The van der Waals surface area contributed by atoms with Crippen LogP contribution >= 0.6 is 0 Å². The van der Waals surface area contributed by atoms with Gasteiger partial charge < -0.3 is 10.5 Å². The molecule has 2 rings (SSSR count). The molecule has 0 saturated heterocycles. The zero-order valence-electron chi connectivity index (χ0n) is 13.6. The summed E-state index contributed by atoms with van der Waals surface area (Å²) in [6.07, 6.45) is 3.25. The standard InChI is InChI=1S/C18H25NO3/c1-4-11(3)16(19)18(21)22-17(20)14-9-8-13-7-6-12(5-2)10-15(13)14/h6-7,10-11,14,16H,4-5,8-9,19H2,1-3H3/t11-,14?,16-/m0/s1. The van der Waals surface area contributed by atoms with Crippen LogP contribution in [0.3, 0.4) is 0 Å². The van der Waals surface area contributed by atoms with Crippen LogP contribution < -0.4 is 5.73 Å². The molecule has 2 N–H and O–H groups in total. The summed E-state index contributed by atoms with van der Waals surface area (Å²) in [4.78, 5) is 24.3. The van der Waals surface area contributed by atoms with E-state index in [1.54, 1.807) is 0 Å². The first-order valence-electron chi connectivity index (χ1n) is 8.10. The molecule has 0 aromatic heterocycles. The first-order chi connectivity index (χ1) is 10.5. The Bertz CT molecular complexity index is 567. The molecule has 1 aromatic rings. The van der Waals surface area contributed by atoms with Gasteiger partial charge in [0.15, 0.2) is 0 Å². The summed E-state index contributed by atoms with van der Waals surface area (Å²) in [5, 5.41) is 0. The average molecular weight is 303 g/mol. The third-order valence-corrected chi connectivity index (χ3v) is 4.71. The van der Waals surface area contributed by atoms with Crippen LogP contribution in [0.25, 0.3) is 0 Å². The first kappa shape index (κ1) is 16.7. The van der Waals surface area contributed by atoms with Crippen molar-refractivity contribution in [3.63, 3.8) is 0 Å². The fourth-order valence-electron chi connectivity index (χ4n) is 2.84. The number of carbonyl (C=O) groups excluding carboxylic acids is 2. The Balaban J connectivity index is 2.08. The lowest BCUT2D eigenvalue weighted by atomic mass is 9.98. The van der Waals surface area contributed by atoms with Gasteiger partial charge in [0.1, 0.15) is 6.04 Å². The molecule has 0 fully saturated rings. The van der Waals surface area contributed by atoms with Gasteiger partial charge in [0.2, 0.25) is 0 Å². The fourth-order valence-corrected chi connectivity index (χ4v) is 2.84. The predicted octanol–water partition coefficient (Wildman–Crippen LogP) is 2.72. The molecular weight excluding hydrogens is 278 g/mol. The smallest absolute Gasteiger partial charge is 0.330 e. The number of benzene rings is 1. The molecule has 0 aliphatic heterocycles. The molecule has 1 aliphatic rings. The predicted molar refractivity (Wildman–Crippen MR) is 85.4 cm³/mol. The maximum atomic E-state index is 12.3. The molecule has 4 nitrogen and oxygen atoms in total. The van der Waals surface area contributed by atoms with Gasteiger partial charge in [-0.1, -0.05) is 45.4 Å². The highest BCUT2D eigenvalue weighted by molar-refractivity contribution is 5.92. The number of hydrogen-bond donors (Lipinski definition) is 1. The van der Waals surface area contributed by atoms with Gasteiger partial charge in [-0.15, -0.1) is 0 Å². The van der Waals surface area contributed by atoms with Crippen molar-refractivity contribution in [1.29, 1.82) is 0 Å². The Labute approximate surface area is 132 Å². The van der Waals surface area contributed by atoms with Crippen molar-refractivity contribution in [2.24, 2.45) is 11.7 Å². The van der Waals surface area contributed by atoms with Crippen molar-refractivity contribution in [3.05, 3.63) is 34.9 Å². The summed E-state index contributed by atoms with van der Waals surface area (Å²) in [7, 11) is 0. The number of esters is 2. The van der Waals surface area contributed by atoms with E-state index in [-0.39, 0.29) is 11.8 Å². The summed E-state index contributed by atoms with van der Waals surface area (Å²) in [6, 6.07) is 5.50. The minimum atomic E-state index is -0.739. The van der Waals surface area contributed by atoms with E-state index in [1.165, 1.54) is 11.1 Å². The molecule has 0 amide bonds. The highest BCUT2D eigenvalue weighted by Gasteiger charge is 2.33. The third-order valence-electron chi connectivity index (χ3n) is 4.71. The lowest BCUT2D eigenvalue weighted by molar-refractivity contribution is -0.162. The second-order valence-corrected chi connectivity index (χ2v) is 6.13. The van der Waals surface area contributed by atoms with E-state index in [2.05, 4.69) is 25.1 Å². The van der Waals surface area contributed by atoms with Crippen LogP contribution in [0.15, 0.2) is 18.2 Å². The van der Waals surface area contributed by atoms with Gasteiger partial charge in [0.25, 0.3) is 0 Å². The van der Waals surface area contributed by atoms with Crippen LogP contribution in [-0.4, -0.2) is 18.0 Å². The summed E-state index contributed by atoms with van der Waals surface area (Å²) >= 11 is 0. The van der Waals surface area contributed by atoms with Crippen LogP contribution in [-0.2, 0) is 27.2 Å². The molecule has 0 heterocycles. The van der Waals surface area contributed by atoms with Gasteiger partial charge in [-0.3, -0.25) is 4.79 Å². The molecule has 22 heavy (non-hydrogen) atoms. The Kier molecular flexibility index (Phi) is 5.35. The van der Waals surface area contributed by atoms with Gasteiger partial charge in [-0.25, -0.2) is 4.79 Å². The zero-order valence-corrected chi connectivity index (χ0v) is 13.6. The highest BCUT2D eigenvalue weighted by Crippen LogP contribution is 2.35. The van der Waals surface area contributed by atoms with E-state index in [0.29, 0.717) is 6.42 Å². The van der Waals surface area contributed by atoms with Crippen molar-refractivity contribution in [3.8, 4) is 0 Å². The number of rotatable bonds is 5. The van der Waals surface area contributed by atoms with E-state index in [9.17, 15) is 9.59 Å². The lowest BCUT2D eigenvalue weighted by Gasteiger charge is -2.17. The fraction of sp³-hybridized carbons (Fsp3) is 0.556. The highest BCUT2D eigenvalue weighted by atomic mass is 16.6. The lowest BCUT2D eigenvalue weighted by Crippen LogP contribution is -2.39. The molecule has 0 spiro atoms. The number of carbonyl (C=O) groups is 2. The van der Waals surface area contributed by atoms with E-state index >= 15 is 0 Å². The SMILES string of the molecule is CCc1ccc2c(c1)C(C(=O)OC(=O)[C@@H](N)[C@@H](C)CC)CC2. The molecule has 1 unspecified atom stereocenters. The molecule has 1 aromatic carbocycles. The van der Waals surface area contributed by atoms with Crippen molar-refractivity contribution in [2.45, 2.75) is 58.4 Å². The molecular formula is C18H25NO3. The normalized spacial score (nSPS) is 19.4. The summed E-state index contributed by atoms with van der Waals surface area (Å²) in [5.41, 5.74) is 9.21. The molecule has 120 valence electrons. The third kappa shape index (κ3) is 3.38. The van der Waals surface area contributed by atoms with Crippen molar-refractivity contribution in [2.75, 3.05) is 0 Å². The second-order valence-electron chi connectivity index (χ2n) is 6.13. The minimum absolute atomic E-state index is 0.00265. The topological polar surface area (TPSA) is 69.4 Å². The van der Waals surface area contributed by atoms with Gasteiger partial charge in [-0.05, 0) is 41.9 Å². The average Bonchev–Trinajstić information content (AvgIpc) is 2.96. The molecule has 0 saturated carbocycles. The monoisotopic (exact) mass is 303 g/mol. The first-order valence-corrected chi connectivity index (χ1v) is 8.10. The van der Waals surface area contributed by atoms with Crippen molar-refractivity contribution >= 4 is 11.9 Å². The number of aryl methyl sites for hydroxylation is 2. The molecule has 4 heteroatoms. The van der Waals surface area contributed by atoms with E-state index in [0.717, 1.165) is 24.8 Å². The van der Waals surface area contributed by atoms with E-state index in [4.69, 9.17) is 10.5 Å². The van der Waals surface area contributed by atoms with Crippen LogP contribution in [0.4, 0.5) is 0 Å². The number of fused-ring (bicyclic) bond motifs is 1. The Morgan fingerprint density at radius 1 is 1.36 bits per heavy atom. The van der Waals surface area contributed by atoms with Crippen LogP contribution in [0, 0.1) is 5.92 Å². The molecule has 1 aliphatic carbocycles. The van der Waals surface area contributed by atoms with Crippen LogP contribution in [0.5, 0.6) is 0 Å². The van der Waals surface area contributed by atoms with Gasteiger partial charge in [0.05, 0.1) is 5.92 Å². The van der Waals surface area contributed by atoms with Crippen molar-refractivity contribution in [1.82, 2.24) is 0 Å². The molecule has 0 bridgehead atoms. The summed E-state index contributed by atoms with van der Waals surface area (Å²) in [5.74, 6) is -1.41. The van der Waals surface area contributed by atoms with Gasteiger partial charge in [0, 0.05) is 0 Å². The number of ether oxygens (including phenoxy) is 1. The largest absolute Gasteiger partial charge is 0.392 e. The Morgan fingerprint density at radius 3 is 2.73 bits per heavy atom. The second kappa shape index (κ2) is 7.05. The van der Waals surface area contributed by atoms with Gasteiger partial charge >= 0.3 is 11.9 Å². The van der Waals surface area contributed by atoms with E-state index in [1.807, 2.05) is 13.8 Å². The van der Waals surface area contributed by atoms with Crippen LogP contribution in [0.2, 0.25) is 0 Å². The Hall–Kier alpha value is -1.68. The maximum Gasteiger partial charge on any atom is 0.330 e. The van der Waals surface area contributed by atoms with Gasteiger partial charge in [-0.2, -0.15) is 0 Å². The molecule has 3 atom stereocenters. The number of nitrogens with two attached hydrogens (primary N) is 1. The molecule has 0 radical (unpaired) electrons. The Morgan fingerprint density at radius 2 is 2.09 bits per heavy atom. The quantitative estimate of drug-likeness (QED) is 0.671. The zero-order chi connectivity index (χ0) is 16.3. The summed E-state index contributed by atoms with van der Waals surface area (Å²) in [6.45, 7) is 5.92. The van der Waals surface area contributed by atoms with Crippen molar-refractivity contribution < 1.29 is 14.3 Å².